The summed E-state index contributed by atoms with van der Waals surface area (Å²) >= 11 is 1.53. The number of rotatable bonds is 7. The minimum Gasteiger partial charge on any atom is -0.379 e. The second kappa shape index (κ2) is 8.21. The van der Waals surface area contributed by atoms with Gasteiger partial charge in [-0.05, 0) is 18.2 Å². The number of anilines is 2. The van der Waals surface area contributed by atoms with Crippen molar-refractivity contribution < 1.29 is 9.72 Å². The second-order valence-electron chi connectivity index (χ2n) is 5.42. The molecular weight excluding hydrogens is 352 g/mol. The van der Waals surface area contributed by atoms with Gasteiger partial charge in [-0.15, -0.1) is 11.3 Å². The van der Waals surface area contributed by atoms with Gasteiger partial charge < -0.3 is 10.6 Å². The van der Waals surface area contributed by atoms with Crippen LogP contribution in [-0.4, -0.2) is 22.4 Å². The van der Waals surface area contributed by atoms with Gasteiger partial charge in [-0.1, -0.05) is 24.3 Å². The number of benzene rings is 2. The van der Waals surface area contributed by atoms with E-state index in [-0.39, 0.29) is 18.0 Å². The Labute approximate surface area is 153 Å². The Balaban J connectivity index is 1.55. The summed E-state index contributed by atoms with van der Waals surface area (Å²) in [4.78, 5) is 26.9. The van der Waals surface area contributed by atoms with Crippen LogP contribution in [0.5, 0.6) is 0 Å². The van der Waals surface area contributed by atoms with E-state index in [2.05, 4.69) is 15.6 Å². The first-order valence-electron chi connectivity index (χ1n) is 7.90. The standard InChI is InChI=1S/C18H16N4O3S/c23-17(8-9-19-15-6-1-2-7-16(15)22(24)25)21-14-5-3-4-13(12-14)18-20-10-11-26-18/h1-7,10-12,19H,8-9H2,(H,21,23). The van der Waals surface area contributed by atoms with Gasteiger partial charge >= 0.3 is 0 Å². The van der Waals surface area contributed by atoms with Gasteiger partial charge in [-0.3, -0.25) is 14.9 Å². The largest absolute Gasteiger partial charge is 0.379 e. The van der Waals surface area contributed by atoms with Crippen LogP contribution in [0.1, 0.15) is 6.42 Å². The predicted octanol–water partition coefficient (Wildman–Crippen LogP) is 4.16. The third kappa shape index (κ3) is 4.42. The van der Waals surface area contributed by atoms with Crippen LogP contribution in [-0.2, 0) is 4.79 Å². The van der Waals surface area contributed by atoms with Crippen LogP contribution < -0.4 is 10.6 Å². The number of para-hydroxylation sites is 2. The minimum absolute atomic E-state index is 0.0101. The Morgan fingerprint density at radius 1 is 1.19 bits per heavy atom. The summed E-state index contributed by atoms with van der Waals surface area (Å²) in [5, 5.41) is 19.5. The van der Waals surface area contributed by atoms with Crippen molar-refractivity contribution in [2.45, 2.75) is 6.42 Å². The summed E-state index contributed by atoms with van der Waals surface area (Å²) in [5.41, 5.74) is 2.02. The highest BCUT2D eigenvalue weighted by Crippen LogP contribution is 2.25. The molecule has 0 bridgehead atoms. The van der Waals surface area contributed by atoms with Gasteiger partial charge in [0.1, 0.15) is 10.7 Å². The van der Waals surface area contributed by atoms with Crippen molar-refractivity contribution in [3.05, 3.63) is 70.2 Å². The summed E-state index contributed by atoms with van der Waals surface area (Å²) in [6.45, 7) is 0.295. The molecule has 0 saturated carbocycles. The normalized spacial score (nSPS) is 10.3. The van der Waals surface area contributed by atoms with Crippen LogP contribution in [0.15, 0.2) is 60.1 Å². The molecule has 0 radical (unpaired) electrons. The molecule has 0 aliphatic heterocycles. The number of nitro groups is 1. The Morgan fingerprint density at radius 2 is 2.04 bits per heavy atom. The monoisotopic (exact) mass is 368 g/mol. The summed E-state index contributed by atoms with van der Waals surface area (Å²) in [7, 11) is 0. The first-order chi connectivity index (χ1) is 12.6. The topological polar surface area (TPSA) is 97.2 Å². The molecule has 0 saturated heterocycles. The van der Waals surface area contributed by atoms with E-state index in [0.29, 0.717) is 17.9 Å². The number of aromatic nitrogens is 1. The number of carbonyl (C=O) groups excluding carboxylic acids is 1. The summed E-state index contributed by atoms with van der Waals surface area (Å²) in [6, 6.07) is 13.8. The van der Waals surface area contributed by atoms with Gasteiger partial charge in [0.05, 0.1) is 4.92 Å². The summed E-state index contributed by atoms with van der Waals surface area (Å²) in [6.07, 6.45) is 1.92. The molecule has 132 valence electrons. The molecule has 0 atom stereocenters. The highest BCUT2D eigenvalue weighted by molar-refractivity contribution is 7.13. The molecule has 2 N–H and O–H groups in total. The van der Waals surface area contributed by atoms with Gasteiger partial charge in [0.15, 0.2) is 0 Å². The first-order valence-corrected chi connectivity index (χ1v) is 8.78. The summed E-state index contributed by atoms with van der Waals surface area (Å²) in [5.74, 6) is -0.174. The molecule has 0 aliphatic rings. The van der Waals surface area contributed by atoms with Gasteiger partial charge in [-0.25, -0.2) is 4.98 Å². The Kier molecular flexibility index (Phi) is 5.55. The summed E-state index contributed by atoms with van der Waals surface area (Å²) < 4.78 is 0. The lowest BCUT2D eigenvalue weighted by Crippen LogP contribution is -2.16. The Morgan fingerprint density at radius 3 is 2.81 bits per heavy atom. The van der Waals surface area contributed by atoms with Crippen molar-refractivity contribution in [3.63, 3.8) is 0 Å². The number of amides is 1. The number of hydrogen-bond donors (Lipinski definition) is 2. The highest BCUT2D eigenvalue weighted by atomic mass is 32.1. The molecule has 0 unspecified atom stereocenters. The zero-order chi connectivity index (χ0) is 18.4. The number of thiazole rings is 1. The number of carbonyl (C=O) groups is 1. The molecule has 1 heterocycles. The van der Waals surface area contributed by atoms with Crippen molar-refractivity contribution in [3.8, 4) is 10.6 Å². The van der Waals surface area contributed by atoms with Crippen LogP contribution in [0.4, 0.5) is 17.1 Å². The molecule has 0 fully saturated rings. The van der Waals surface area contributed by atoms with Crippen LogP contribution in [0, 0.1) is 10.1 Å². The number of nitrogens with one attached hydrogen (secondary N) is 2. The fourth-order valence-corrected chi connectivity index (χ4v) is 3.05. The molecule has 8 heteroatoms. The second-order valence-corrected chi connectivity index (χ2v) is 6.31. The lowest BCUT2D eigenvalue weighted by atomic mass is 10.2. The number of hydrogen-bond acceptors (Lipinski definition) is 6. The maximum Gasteiger partial charge on any atom is 0.292 e. The van der Waals surface area contributed by atoms with Crippen LogP contribution in [0.2, 0.25) is 0 Å². The van der Waals surface area contributed by atoms with Crippen molar-refractivity contribution in [2.75, 3.05) is 17.2 Å². The lowest BCUT2D eigenvalue weighted by Gasteiger charge is -2.08. The smallest absolute Gasteiger partial charge is 0.292 e. The van der Waals surface area contributed by atoms with Gasteiger partial charge in [0.25, 0.3) is 5.69 Å². The van der Waals surface area contributed by atoms with Gasteiger partial charge in [-0.2, -0.15) is 0 Å². The fourth-order valence-electron chi connectivity index (χ4n) is 2.41. The fraction of sp³-hybridized carbons (Fsp3) is 0.111. The maximum absolute atomic E-state index is 12.1. The zero-order valence-corrected chi connectivity index (χ0v) is 14.5. The van der Waals surface area contributed by atoms with Crippen LogP contribution in [0.3, 0.4) is 0 Å². The maximum atomic E-state index is 12.1. The van der Waals surface area contributed by atoms with Crippen molar-refractivity contribution in [1.82, 2.24) is 4.98 Å². The molecule has 2 aromatic carbocycles. The van der Waals surface area contributed by atoms with E-state index in [0.717, 1.165) is 10.6 Å². The molecule has 0 aliphatic carbocycles. The molecule has 0 spiro atoms. The minimum atomic E-state index is -0.452. The lowest BCUT2D eigenvalue weighted by molar-refractivity contribution is -0.384. The predicted molar refractivity (Wildman–Crippen MR) is 102 cm³/mol. The van der Waals surface area contributed by atoms with E-state index in [4.69, 9.17) is 0 Å². The van der Waals surface area contributed by atoms with E-state index < -0.39 is 4.92 Å². The third-order valence-corrected chi connectivity index (χ3v) is 4.42. The van der Waals surface area contributed by atoms with Gasteiger partial charge in [0, 0.05) is 41.9 Å². The average molecular weight is 368 g/mol. The SMILES string of the molecule is O=C(CCNc1ccccc1[N+](=O)[O-])Nc1cccc(-c2nccs2)c1. The molecule has 1 aromatic heterocycles. The third-order valence-electron chi connectivity index (χ3n) is 3.59. The molecule has 7 nitrogen and oxygen atoms in total. The van der Waals surface area contributed by atoms with Crippen LogP contribution >= 0.6 is 11.3 Å². The van der Waals surface area contributed by atoms with E-state index in [1.54, 1.807) is 24.4 Å². The Bertz CT molecular complexity index is 912. The van der Waals surface area contributed by atoms with Crippen molar-refractivity contribution in [2.24, 2.45) is 0 Å². The number of nitrogens with zero attached hydrogens (tertiary/aromatic N) is 2. The van der Waals surface area contributed by atoms with E-state index >= 15 is 0 Å². The zero-order valence-electron chi connectivity index (χ0n) is 13.7. The van der Waals surface area contributed by atoms with E-state index in [1.165, 1.54) is 17.4 Å². The molecule has 1 amide bonds. The van der Waals surface area contributed by atoms with E-state index in [1.807, 2.05) is 29.6 Å². The highest BCUT2D eigenvalue weighted by Gasteiger charge is 2.12. The van der Waals surface area contributed by atoms with Crippen molar-refractivity contribution >= 4 is 34.3 Å². The van der Waals surface area contributed by atoms with Crippen LogP contribution in [0.25, 0.3) is 10.6 Å². The Hall–Kier alpha value is -3.26. The molecular formula is C18H16N4O3S. The molecule has 3 rings (SSSR count). The van der Waals surface area contributed by atoms with Crippen molar-refractivity contribution in [1.29, 1.82) is 0 Å². The average Bonchev–Trinajstić information content (AvgIpc) is 3.17. The molecule has 3 aromatic rings. The van der Waals surface area contributed by atoms with E-state index in [9.17, 15) is 14.9 Å². The molecule has 26 heavy (non-hydrogen) atoms. The van der Waals surface area contributed by atoms with Gasteiger partial charge in [0.2, 0.25) is 5.91 Å². The quantitative estimate of drug-likeness (QED) is 0.482. The number of nitro benzene ring substituents is 1. The first kappa shape index (κ1) is 17.6.